The lowest BCUT2D eigenvalue weighted by atomic mass is 10.2. The summed E-state index contributed by atoms with van der Waals surface area (Å²) in [6.45, 7) is 4.83. The Bertz CT molecular complexity index is 860. The van der Waals surface area contributed by atoms with Crippen molar-refractivity contribution in [1.82, 2.24) is 20.0 Å². The standard InChI is InChI=1S/C19H22F4N4O2/c1-3-26(4-2)16(28)10-7-11-24-18(29)13-12-25-27(17(13)19(21,22)23)15-9-6-5-8-14(15)20/h5-6,8-9,12H,3-4,7,10-11H2,1-2H3,(H,24,29). The number of hydrogen-bond acceptors (Lipinski definition) is 3. The largest absolute Gasteiger partial charge is 0.434 e. The summed E-state index contributed by atoms with van der Waals surface area (Å²) in [6.07, 6.45) is -3.72. The lowest BCUT2D eigenvalue weighted by Gasteiger charge is -2.18. The van der Waals surface area contributed by atoms with Gasteiger partial charge in [-0.05, 0) is 32.4 Å². The van der Waals surface area contributed by atoms with E-state index in [4.69, 9.17) is 0 Å². The first-order valence-corrected chi connectivity index (χ1v) is 9.16. The number of nitrogens with one attached hydrogen (secondary N) is 1. The molecule has 0 aliphatic rings. The summed E-state index contributed by atoms with van der Waals surface area (Å²) >= 11 is 0. The number of rotatable bonds is 8. The van der Waals surface area contributed by atoms with E-state index in [0.29, 0.717) is 17.8 Å². The second kappa shape index (κ2) is 9.53. The molecule has 2 amide bonds. The summed E-state index contributed by atoms with van der Waals surface area (Å²) in [5.41, 5.74) is -2.49. The Morgan fingerprint density at radius 3 is 2.41 bits per heavy atom. The van der Waals surface area contributed by atoms with Crippen LogP contribution in [0.15, 0.2) is 30.5 Å². The molecule has 0 atom stereocenters. The summed E-state index contributed by atoms with van der Waals surface area (Å²) in [6, 6.07) is 4.84. The predicted molar refractivity (Wildman–Crippen MR) is 98.0 cm³/mol. The topological polar surface area (TPSA) is 67.2 Å². The van der Waals surface area contributed by atoms with Crippen LogP contribution in [-0.2, 0) is 11.0 Å². The number of benzene rings is 1. The number of nitrogens with zero attached hydrogens (tertiary/aromatic N) is 3. The maximum Gasteiger partial charge on any atom is 0.434 e. The highest BCUT2D eigenvalue weighted by Crippen LogP contribution is 2.34. The third kappa shape index (κ3) is 5.33. The first-order valence-electron chi connectivity index (χ1n) is 9.16. The SMILES string of the molecule is CCN(CC)C(=O)CCCNC(=O)c1cnn(-c2ccccc2F)c1C(F)(F)F. The maximum atomic E-state index is 13.9. The van der Waals surface area contributed by atoms with Gasteiger partial charge >= 0.3 is 6.18 Å². The molecular formula is C19H22F4N4O2. The number of aromatic nitrogens is 2. The van der Waals surface area contributed by atoms with Crippen molar-refractivity contribution < 1.29 is 27.2 Å². The second-order valence-electron chi connectivity index (χ2n) is 6.19. The molecule has 0 saturated heterocycles. The fourth-order valence-corrected chi connectivity index (χ4v) is 2.86. The Morgan fingerprint density at radius 2 is 1.83 bits per heavy atom. The highest BCUT2D eigenvalue weighted by molar-refractivity contribution is 5.95. The second-order valence-corrected chi connectivity index (χ2v) is 6.19. The highest BCUT2D eigenvalue weighted by Gasteiger charge is 2.40. The summed E-state index contributed by atoms with van der Waals surface area (Å²) in [4.78, 5) is 25.8. The molecule has 158 valence electrons. The predicted octanol–water partition coefficient (Wildman–Crippen LogP) is 3.41. The van der Waals surface area contributed by atoms with Crippen LogP contribution in [0.2, 0.25) is 0 Å². The van der Waals surface area contributed by atoms with Crippen molar-refractivity contribution in [3.63, 3.8) is 0 Å². The molecule has 10 heteroatoms. The van der Waals surface area contributed by atoms with Gasteiger partial charge in [0, 0.05) is 26.1 Å². The van der Waals surface area contributed by atoms with Gasteiger partial charge in [0.1, 0.15) is 11.5 Å². The van der Waals surface area contributed by atoms with Crippen molar-refractivity contribution in [2.75, 3.05) is 19.6 Å². The van der Waals surface area contributed by atoms with E-state index in [-0.39, 0.29) is 25.3 Å². The van der Waals surface area contributed by atoms with Crippen LogP contribution in [0.3, 0.4) is 0 Å². The van der Waals surface area contributed by atoms with Gasteiger partial charge in [-0.2, -0.15) is 18.3 Å². The molecule has 2 rings (SSSR count). The van der Waals surface area contributed by atoms with Crippen LogP contribution in [0.25, 0.3) is 5.69 Å². The molecule has 0 aliphatic carbocycles. The van der Waals surface area contributed by atoms with E-state index in [0.717, 1.165) is 18.3 Å². The molecule has 0 fully saturated rings. The fraction of sp³-hybridized carbons (Fsp3) is 0.421. The molecule has 1 heterocycles. The number of carbonyl (C=O) groups excluding carboxylic acids is 2. The minimum Gasteiger partial charge on any atom is -0.352 e. The summed E-state index contributed by atoms with van der Waals surface area (Å²) in [5.74, 6) is -1.98. The number of amides is 2. The summed E-state index contributed by atoms with van der Waals surface area (Å²) in [5, 5.41) is 5.94. The molecule has 0 saturated carbocycles. The Hall–Kier alpha value is -2.91. The average Bonchev–Trinajstić information content (AvgIpc) is 3.12. The third-order valence-corrected chi connectivity index (χ3v) is 4.33. The number of para-hydroxylation sites is 1. The van der Waals surface area contributed by atoms with E-state index < -0.39 is 34.8 Å². The fourth-order valence-electron chi connectivity index (χ4n) is 2.86. The van der Waals surface area contributed by atoms with Crippen LogP contribution in [0.1, 0.15) is 42.7 Å². The molecule has 29 heavy (non-hydrogen) atoms. The van der Waals surface area contributed by atoms with Gasteiger partial charge in [0.05, 0.1) is 11.8 Å². The normalized spacial score (nSPS) is 11.4. The van der Waals surface area contributed by atoms with Crippen LogP contribution in [0, 0.1) is 5.82 Å². The van der Waals surface area contributed by atoms with Gasteiger partial charge in [-0.3, -0.25) is 9.59 Å². The Morgan fingerprint density at radius 1 is 1.17 bits per heavy atom. The van der Waals surface area contributed by atoms with Crippen LogP contribution < -0.4 is 5.32 Å². The zero-order valence-corrected chi connectivity index (χ0v) is 16.1. The first kappa shape index (κ1) is 22.4. The van der Waals surface area contributed by atoms with E-state index >= 15 is 0 Å². The quantitative estimate of drug-likeness (QED) is 0.532. The van der Waals surface area contributed by atoms with Crippen molar-refractivity contribution in [2.45, 2.75) is 32.9 Å². The number of hydrogen-bond donors (Lipinski definition) is 1. The molecule has 1 aromatic heterocycles. The minimum atomic E-state index is -4.93. The van der Waals surface area contributed by atoms with Gasteiger partial charge in [0.15, 0.2) is 5.69 Å². The van der Waals surface area contributed by atoms with E-state index in [1.54, 1.807) is 4.90 Å². The van der Waals surface area contributed by atoms with E-state index in [1.807, 2.05) is 13.8 Å². The van der Waals surface area contributed by atoms with Crippen LogP contribution in [0.5, 0.6) is 0 Å². The Labute approximate surface area is 165 Å². The van der Waals surface area contributed by atoms with Crippen molar-refractivity contribution in [3.8, 4) is 5.69 Å². The molecular weight excluding hydrogens is 392 g/mol. The number of alkyl halides is 3. The molecule has 0 aliphatic heterocycles. The maximum absolute atomic E-state index is 13.9. The van der Waals surface area contributed by atoms with E-state index in [1.165, 1.54) is 12.1 Å². The van der Waals surface area contributed by atoms with Gasteiger partial charge in [0.25, 0.3) is 5.91 Å². The van der Waals surface area contributed by atoms with Crippen LogP contribution >= 0.6 is 0 Å². The molecule has 0 radical (unpaired) electrons. The highest BCUT2D eigenvalue weighted by atomic mass is 19.4. The average molecular weight is 414 g/mol. The van der Waals surface area contributed by atoms with Crippen molar-refractivity contribution in [3.05, 3.63) is 47.5 Å². The van der Waals surface area contributed by atoms with Gasteiger partial charge in [-0.15, -0.1) is 0 Å². The van der Waals surface area contributed by atoms with Crippen LogP contribution in [0.4, 0.5) is 17.6 Å². The van der Waals surface area contributed by atoms with Gasteiger partial charge in [0.2, 0.25) is 5.91 Å². The van der Waals surface area contributed by atoms with E-state index in [2.05, 4.69) is 10.4 Å². The van der Waals surface area contributed by atoms with Crippen molar-refractivity contribution in [2.24, 2.45) is 0 Å². The molecule has 1 N–H and O–H groups in total. The molecule has 2 aromatic rings. The summed E-state index contributed by atoms with van der Waals surface area (Å²) < 4.78 is 55.0. The van der Waals surface area contributed by atoms with Crippen molar-refractivity contribution in [1.29, 1.82) is 0 Å². The number of carbonyl (C=O) groups is 2. The molecule has 6 nitrogen and oxygen atoms in total. The Balaban J connectivity index is 2.13. The van der Waals surface area contributed by atoms with Gasteiger partial charge in [-0.1, -0.05) is 12.1 Å². The zero-order valence-electron chi connectivity index (χ0n) is 16.1. The zero-order chi connectivity index (χ0) is 21.6. The van der Waals surface area contributed by atoms with Gasteiger partial charge in [-0.25, -0.2) is 9.07 Å². The van der Waals surface area contributed by atoms with Gasteiger partial charge < -0.3 is 10.2 Å². The number of halogens is 4. The smallest absolute Gasteiger partial charge is 0.352 e. The molecule has 0 unspecified atom stereocenters. The monoisotopic (exact) mass is 414 g/mol. The minimum absolute atomic E-state index is 0.0218. The molecule has 0 spiro atoms. The Kier molecular flexibility index (Phi) is 7.35. The molecule has 0 bridgehead atoms. The third-order valence-electron chi connectivity index (χ3n) is 4.33. The lowest BCUT2D eigenvalue weighted by molar-refractivity contribution is -0.143. The summed E-state index contributed by atoms with van der Waals surface area (Å²) in [7, 11) is 0. The van der Waals surface area contributed by atoms with Crippen molar-refractivity contribution >= 4 is 11.8 Å². The first-order chi connectivity index (χ1) is 13.7. The van der Waals surface area contributed by atoms with Crippen LogP contribution in [-0.4, -0.2) is 46.1 Å². The van der Waals surface area contributed by atoms with E-state index in [9.17, 15) is 27.2 Å². The lowest BCUT2D eigenvalue weighted by Crippen LogP contribution is -2.32. The molecule has 1 aromatic carbocycles.